The monoisotopic (exact) mass is 375 g/mol. The van der Waals surface area contributed by atoms with E-state index < -0.39 is 6.55 Å². The number of carbonyl (C=O) groups excluding carboxylic acids is 1. The average molecular weight is 375 g/mol. The third kappa shape index (κ3) is 3.72. The Balaban J connectivity index is 1.83. The zero-order valence-corrected chi connectivity index (χ0v) is 15.3. The number of aromatic nitrogens is 2. The molecule has 0 radical (unpaired) electrons. The van der Waals surface area contributed by atoms with E-state index in [2.05, 4.69) is 4.98 Å². The Morgan fingerprint density at radius 1 is 1.12 bits per heavy atom. The minimum atomic E-state index is -2.71. The lowest BCUT2D eigenvalue weighted by Gasteiger charge is -2.26. The zero-order chi connectivity index (χ0) is 18.7. The average Bonchev–Trinajstić information content (AvgIpc) is 2.99. The van der Waals surface area contributed by atoms with Gasteiger partial charge in [-0.1, -0.05) is 42.1 Å². The van der Waals surface area contributed by atoms with Crippen molar-refractivity contribution in [3.8, 4) is 0 Å². The molecule has 0 aliphatic carbocycles. The van der Waals surface area contributed by atoms with E-state index >= 15 is 0 Å². The second-order valence-corrected chi connectivity index (χ2v) is 6.95. The summed E-state index contributed by atoms with van der Waals surface area (Å²) in [6, 6.07) is 16.0. The van der Waals surface area contributed by atoms with Crippen molar-refractivity contribution in [1.82, 2.24) is 9.55 Å². The first kappa shape index (κ1) is 18.4. The molecule has 0 saturated heterocycles. The van der Waals surface area contributed by atoms with Crippen molar-refractivity contribution in [2.24, 2.45) is 0 Å². The molecular formula is C19H19F2N3OS. The minimum absolute atomic E-state index is 0.0309. The Labute approximate surface area is 154 Å². The largest absolute Gasteiger partial charge is 0.321 e. The molecule has 0 aliphatic heterocycles. The maximum absolute atomic E-state index is 13.5. The molecule has 0 bridgehead atoms. The van der Waals surface area contributed by atoms with E-state index in [0.29, 0.717) is 11.0 Å². The number of hydrogen-bond donors (Lipinski definition) is 0. The third-order valence-electron chi connectivity index (χ3n) is 3.90. The zero-order valence-electron chi connectivity index (χ0n) is 14.5. The van der Waals surface area contributed by atoms with Crippen molar-refractivity contribution in [2.75, 3.05) is 10.7 Å². The van der Waals surface area contributed by atoms with Crippen molar-refractivity contribution in [1.29, 1.82) is 0 Å². The molecule has 7 heteroatoms. The van der Waals surface area contributed by atoms with E-state index in [-0.39, 0.29) is 22.9 Å². The molecule has 1 heterocycles. The molecule has 1 aromatic heterocycles. The Morgan fingerprint density at radius 2 is 1.77 bits per heavy atom. The lowest BCUT2D eigenvalue weighted by Crippen LogP contribution is -2.38. The summed E-state index contributed by atoms with van der Waals surface area (Å²) < 4.78 is 27.8. The number of rotatable bonds is 6. The quantitative estimate of drug-likeness (QED) is 0.571. The van der Waals surface area contributed by atoms with E-state index in [1.807, 2.05) is 44.2 Å². The maximum Gasteiger partial charge on any atom is 0.321 e. The van der Waals surface area contributed by atoms with Gasteiger partial charge in [0.15, 0.2) is 5.16 Å². The number of hydrogen-bond acceptors (Lipinski definition) is 3. The summed E-state index contributed by atoms with van der Waals surface area (Å²) in [5, 5.41) is 0.145. The summed E-state index contributed by atoms with van der Waals surface area (Å²) in [6.45, 7) is 1.13. The molecule has 26 heavy (non-hydrogen) atoms. The smallest absolute Gasteiger partial charge is 0.309 e. The number of thioether (sulfide) groups is 1. The third-order valence-corrected chi connectivity index (χ3v) is 4.84. The van der Waals surface area contributed by atoms with E-state index in [4.69, 9.17) is 0 Å². The van der Waals surface area contributed by atoms with Crippen molar-refractivity contribution >= 4 is 34.4 Å². The van der Waals surface area contributed by atoms with Crippen LogP contribution >= 0.6 is 11.8 Å². The molecule has 0 unspecified atom stereocenters. The van der Waals surface area contributed by atoms with Crippen molar-refractivity contribution in [2.45, 2.75) is 31.6 Å². The Kier molecular flexibility index (Phi) is 5.56. The fraction of sp³-hybridized carbons (Fsp3) is 0.263. The number of carbonyl (C=O) groups is 1. The fourth-order valence-electron chi connectivity index (χ4n) is 2.83. The predicted octanol–water partition coefficient (Wildman–Crippen LogP) is 4.97. The highest BCUT2D eigenvalue weighted by molar-refractivity contribution is 7.99. The lowest BCUT2D eigenvalue weighted by molar-refractivity contribution is -0.116. The summed E-state index contributed by atoms with van der Waals surface area (Å²) in [7, 11) is 0. The van der Waals surface area contributed by atoms with Gasteiger partial charge in [0.1, 0.15) is 0 Å². The topological polar surface area (TPSA) is 38.1 Å². The summed E-state index contributed by atoms with van der Waals surface area (Å²) >= 11 is 1.03. The van der Waals surface area contributed by atoms with Crippen molar-refractivity contribution in [3.05, 3.63) is 54.6 Å². The number of fused-ring (bicyclic) bond motifs is 1. The fourth-order valence-corrected chi connectivity index (χ4v) is 3.70. The second-order valence-electron chi connectivity index (χ2n) is 6.01. The molecule has 2 aromatic carbocycles. The van der Waals surface area contributed by atoms with Crippen LogP contribution in [-0.2, 0) is 4.79 Å². The molecule has 136 valence electrons. The molecule has 0 N–H and O–H groups in total. The van der Waals surface area contributed by atoms with Crippen LogP contribution < -0.4 is 4.90 Å². The highest BCUT2D eigenvalue weighted by Crippen LogP contribution is 2.29. The standard InChI is InChI=1S/C19H19F2N3OS/c1-13(2)23(14-8-4-3-5-9-14)17(25)12-26-19-22-15-10-6-7-11-16(15)24(19)18(20)21/h3-11,13,18H,12H2,1-2H3. The SMILES string of the molecule is CC(C)N(C(=O)CSc1nc2ccccc2n1C(F)F)c1ccccc1. The van der Waals surface area contributed by atoms with Gasteiger partial charge < -0.3 is 4.90 Å². The maximum atomic E-state index is 13.5. The molecule has 1 amide bonds. The van der Waals surface area contributed by atoms with Crippen LogP contribution in [0.5, 0.6) is 0 Å². The van der Waals surface area contributed by atoms with E-state index in [9.17, 15) is 13.6 Å². The van der Waals surface area contributed by atoms with Gasteiger partial charge in [-0.05, 0) is 38.1 Å². The van der Waals surface area contributed by atoms with Crippen LogP contribution in [0, 0.1) is 0 Å². The molecule has 4 nitrogen and oxygen atoms in total. The van der Waals surface area contributed by atoms with Crippen LogP contribution in [0.3, 0.4) is 0 Å². The summed E-state index contributed by atoms with van der Waals surface area (Å²) in [5.41, 5.74) is 1.64. The van der Waals surface area contributed by atoms with E-state index in [1.54, 1.807) is 29.2 Å². The van der Waals surface area contributed by atoms with Gasteiger partial charge in [0.05, 0.1) is 16.8 Å². The van der Waals surface area contributed by atoms with Gasteiger partial charge in [-0.2, -0.15) is 8.78 Å². The van der Waals surface area contributed by atoms with Gasteiger partial charge in [-0.15, -0.1) is 0 Å². The first-order valence-corrected chi connectivity index (χ1v) is 9.22. The molecule has 0 fully saturated rings. The number of imidazole rings is 1. The minimum Gasteiger partial charge on any atom is -0.309 e. The predicted molar refractivity (Wildman–Crippen MR) is 101 cm³/mol. The van der Waals surface area contributed by atoms with Gasteiger partial charge >= 0.3 is 6.55 Å². The first-order valence-electron chi connectivity index (χ1n) is 8.24. The van der Waals surface area contributed by atoms with Crippen molar-refractivity contribution < 1.29 is 13.6 Å². The Morgan fingerprint density at radius 3 is 2.42 bits per heavy atom. The van der Waals surface area contributed by atoms with Gasteiger partial charge in [0, 0.05) is 11.7 Å². The second kappa shape index (κ2) is 7.86. The number of amides is 1. The van der Waals surface area contributed by atoms with Crippen LogP contribution in [0.25, 0.3) is 11.0 Å². The van der Waals surface area contributed by atoms with E-state index in [0.717, 1.165) is 22.0 Å². The molecule has 0 aliphatic rings. The molecule has 0 atom stereocenters. The summed E-state index contributed by atoms with van der Waals surface area (Å²) in [6.07, 6.45) is 0. The number of halogens is 2. The number of para-hydroxylation sites is 3. The summed E-state index contributed by atoms with van der Waals surface area (Å²) in [5.74, 6) is -0.118. The number of nitrogens with zero attached hydrogens (tertiary/aromatic N) is 3. The van der Waals surface area contributed by atoms with Gasteiger partial charge in [0.25, 0.3) is 0 Å². The first-order chi connectivity index (χ1) is 12.5. The molecular weight excluding hydrogens is 356 g/mol. The van der Waals surface area contributed by atoms with Gasteiger partial charge in [0.2, 0.25) is 5.91 Å². The molecule has 3 rings (SSSR count). The van der Waals surface area contributed by atoms with Crippen LogP contribution in [0.2, 0.25) is 0 Å². The van der Waals surface area contributed by atoms with E-state index in [1.165, 1.54) is 0 Å². The Hall–Kier alpha value is -2.41. The molecule has 0 saturated carbocycles. The van der Waals surface area contributed by atoms with Gasteiger partial charge in [-0.25, -0.2) is 4.98 Å². The molecule has 0 spiro atoms. The van der Waals surface area contributed by atoms with Crippen LogP contribution in [0.15, 0.2) is 59.8 Å². The van der Waals surface area contributed by atoms with Crippen molar-refractivity contribution in [3.63, 3.8) is 0 Å². The van der Waals surface area contributed by atoms with Crippen LogP contribution in [0.4, 0.5) is 14.5 Å². The lowest BCUT2D eigenvalue weighted by atomic mass is 10.2. The number of anilines is 1. The van der Waals surface area contributed by atoms with Crippen LogP contribution in [-0.4, -0.2) is 27.3 Å². The highest BCUT2D eigenvalue weighted by Gasteiger charge is 2.22. The molecule has 3 aromatic rings. The number of alkyl halides is 2. The number of benzene rings is 2. The van der Waals surface area contributed by atoms with Gasteiger partial charge in [-0.3, -0.25) is 9.36 Å². The normalized spacial score (nSPS) is 11.5. The van der Waals surface area contributed by atoms with Crippen LogP contribution in [0.1, 0.15) is 20.4 Å². The summed E-state index contributed by atoms with van der Waals surface area (Å²) in [4.78, 5) is 18.7. The highest BCUT2D eigenvalue weighted by atomic mass is 32.2. The Bertz CT molecular complexity index is 896.